The van der Waals surface area contributed by atoms with E-state index in [0.717, 1.165) is 4.90 Å². The summed E-state index contributed by atoms with van der Waals surface area (Å²) in [6.07, 6.45) is 0. The van der Waals surface area contributed by atoms with Gasteiger partial charge in [0.25, 0.3) is 0 Å². The average molecular weight is 359 g/mol. The molecule has 2 aromatic rings. The molecule has 2 rings (SSSR count). The van der Waals surface area contributed by atoms with Gasteiger partial charge >= 0.3 is 0 Å². The van der Waals surface area contributed by atoms with Crippen LogP contribution in [0.3, 0.4) is 0 Å². The molecule has 1 unspecified atom stereocenters. The van der Waals surface area contributed by atoms with Gasteiger partial charge in [-0.1, -0.05) is 80.0 Å². The molecule has 0 amide bonds. The maximum atomic E-state index is 4.83. The monoisotopic (exact) mass is 358 g/mol. The summed E-state index contributed by atoms with van der Waals surface area (Å²) in [5.74, 6) is 0. The fraction of sp³-hybridized carbons (Fsp3) is 0.455. The third-order valence-corrected chi connectivity index (χ3v) is 6.37. The van der Waals surface area contributed by atoms with Crippen LogP contribution in [0, 0.1) is 13.8 Å². The topological polar surface area (TPSA) is 0 Å². The van der Waals surface area contributed by atoms with Crippen molar-refractivity contribution in [3.05, 3.63) is 52.6 Å². The van der Waals surface area contributed by atoms with Crippen LogP contribution in [0.2, 0.25) is 0 Å². The number of thiol groups is 1. The van der Waals surface area contributed by atoms with Crippen LogP contribution in [0.25, 0.3) is 0 Å². The number of benzene rings is 2. The van der Waals surface area contributed by atoms with Crippen LogP contribution in [0.4, 0.5) is 0 Å². The lowest BCUT2D eigenvalue weighted by molar-refractivity contribution is 0.592. The van der Waals surface area contributed by atoms with Crippen LogP contribution >= 0.6 is 21.2 Å². The van der Waals surface area contributed by atoms with Crippen LogP contribution in [-0.4, -0.2) is 0 Å². The summed E-state index contributed by atoms with van der Waals surface area (Å²) in [4.78, 5) is 1.12. The molecule has 0 spiro atoms. The zero-order chi connectivity index (χ0) is 18.3. The van der Waals surface area contributed by atoms with E-state index in [-0.39, 0.29) is 10.8 Å². The first kappa shape index (κ1) is 19.5. The quantitative estimate of drug-likeness (QED) is 0.508. The van der Waals surface area contributed by atoms with Crippen LogP contribution in [-0.2, 0) is 10.8 Å². The number of hydrogen-bond donors (Lipinski definition) is 1. The summed E-state index contributed by atoms with van der Waals surface area (Å²) in [5, 5.41) is 2.84. The van der Waals surface area contributed by atoms with Crippen LogP contribution in [0.1, 0.15) is 63.8 Å². The Morgan fingerprint density at radius 3 is 1.83 bits per heavy atom. The Morgan fingerprint density at radius 1 is 0.750 bits per heavy atom. The number of hydrogen-bond acceptors (Lipinski definition) is 1. The third-order valence-electron chi connectivity index (χ3n) is 4.31. The van der Waals surface area contributed by atoms with Gasteiger partial charge in [-0.3, -0.25) is 0 Å². The summed E-state index contributed by atoms with van der Waals surface area (Å²) < 4.78 is 0. The Labute approximate surface area is 155 Å². The highest BCUT2D eigenvalue weighted by Gasteiger charge is 2.23. The molecule has 1 atom stereocenters. The number of rotatable bonds is 2. The van der Waals surface area contributed by atoms with E-state index in [4.69, 9.17) is 12.6 Å². The molecule has 0 N–H and O–H groups in total. The van der Waals surface area contributed by atoms with Gasteiger partial charge in [0.2, 0.25) is 0 Å². The zero-order valence-corrected chi connectivity index (χ0v) is 18.2. The van der Waals surface area contributed by atoms with E-state index < -0.39 is 0 Å². The predicted molar refractivity (Wildman–Crippen MR) is 115 cm³/mol. The summed E-state index contributed by atoms with van der Waals surface area (Å²) in [6.45, 7) is 18.1. The molecule has 0 radical (unpaired) electrons. The van der Waals surface area contributed by atoms with E-state index in [0.29, 0.717) is 8.58 Å². The molecule has 0 saturated heterocycles. The van der Waals surface area contributed by atoms with Crippen molar-refractivity contribution in [3.8, 4) is 0 Å². The van der Waals surface area contributed by atoms with Crippen LogP contribution < -0.4 is 10.6 Å². The molecular weight excluding hydrogens is 327 g/mol. The molecule has 2 aromatic carbocycles. The van der Waals surface area contributed by atoms with Crippen molar-refractivity contribution in [1.29, 1.82) is 0 Å². The molecule has 0 nitrogen and oxygen atoms in total. The summed E-state index contributed by atoms with van der Waals surface area (Å²) in [5.41, 5.74) is 5.77. The first-order valence-electron chi connectivity index (χ1n) is 8.62. The smallest absolute Gasteiger partial charge is 0.0123 e. The maximum Gasteiger partial charge on any atom is 0.0123 e. The molecule has 0 heterocycles. The van der Waals surface area contributed by atoms with Crippen LogP contribution in [0.15, 0.2) is 35.2 Å². The second-order valence-corrected chi connectivity index (χ2v) is 10.7. The Hall–Kier alpha value is -0.780. The van der Waals surface area contributed by atoms with Gasteiger partial charge in [-0.2, -0.15) is 0 Å². The van der Waals surface area contributed by atoms with E-state index >= 15 is 0 Å². The minimum Gasteiger partial charge on any atom is -0.143 e. The normalized spacial score (nSPS) is 13.0. The Balaban J connectivity index is 2.62. The van der Waals surface area contributed by atoms with Crippen molar-refractivity contribution >= 4 is 31.8 Å². The van der Waals surface area contributed by atoms with E-state index in [1.807, 2.05) is 0 Å². The standard InChI is InChI=1S/C22H31PS/c1-14-9-10-18(16(11-14)21(3,4)5)23-20-17(22(6,7)8)12-15(2)13-19(20)24/h9-13,23-24H,1-8H3. The van der Waals surface area contributed by atoms with Crippen molar-refractivity contribution < 1.29 is 0 Å². The zero-order valence-electron chi connectivity index (χ0n) is 16.3. The van der Waals surface area contributed by atoms with Gasteiger partial charge in [-0.15, -0.1) is 12.6 Å². The Bertz CT molecular complexity index is 746. The largest absolute Gasteiger partial charge is 0.143 e. The first-order valence-corrected chi connectivity index (χ1v) is 10.1. The molecular formula is C22H31PS. The van der Waals surface area contributed by atoms with E-state index in [2.05, 4.69) is 85.7 Å². The molecule has 24 heavy (non-hydrogen) atoms. The fourth-order valence-electron chi connectivity index (χ4n) is 3.01. The maximum absolute atomic E-state index is 4.83. The summed E-state index contributed by atoms with van der Waals surface area (Å²) in [7, 11) is 0.637. The molecule has 0 aromatic heterocycles. The molecule has 0 aliphatic carbocycles. The van der Waals surface area contributed by atoms with Gasteiger partial charge in [-0.25, -0.2) is 0 Å². The predicted octanol–water partition coefficient (Wildman–Crippen LogP) is 5.82. The first-order chi connectivity index (χ1) is 10.9. The van der Waals surface area contributed by atoms with E-state index in [9.17, 15) is 0 Å². The van der Waals surface area contributed by atoms with E-state index in [1.54, 1.807) is 0 Å². The molecule has 0 bridgehead atoms. The molecule has 0 fully saturated rings. The summed E-state index contributed by atoms with van der Waals surface area (Å²) >= 11 is 4.83. The fourth-order valence-corrected chi connectivity index (χ4v) is 5.30. The molecule has 0 aliphatic heterocycles. The van der Waals surface area contributed by atoms with Crippen LogP contribution in [0.5, 0.6) is 0 Å². The second-order valence-electron chi connectivity index (χ2n) is 8.88. The lowest BCUT2D eigenvalue weighted by atomic mass is 9.86. The molecule has 0 saturated carbocycles. The van der Waals surface area contributed by atoms with Gasteiger partial charge < -0.3 is 0 Å². The third kappa shape index (κ3) is 4.44. The highest BCUT2D eigenvalue weighted by molar-refractivity contribution is 7.81. The molecule has 130 valence electrons. The van der Waals surface area contributed by atoms with Crippen molar-refractivity contribution in [2.45, 2.75) is 71.1 Å². The minimum absolute atomic E-state index is 0.123. The number of aryl methyl sites for hydroxylation is 2. The highest BCUT2D eigenvalue weighted by atomic mass is 32.1. The van der Waals surface area contributed by atoms with Crippen molar-refractivity contribution in [1.82, 2.24) is 0 Å². The SMILES string of the molecule is Cc1ccc(Pc2c(S)cc(C)cc2C(C)(C)C)c(C(C)(C)C)c1. The van der Waals surface area contributed by atoms with Gasteiger partial charge in [0.05, 0.1) is 0 Å². The van der Waals surface area contributed by atoms with Gasteiger partial charge in [0.1, 0.15) is 0 Å². The lowest BCUT2D eigenvalue weighted by Gasteiger charge is -2.28. The summed E-state index contributed by atoms with van der Waals surface area (Å²) in [6, 6.07) is 11.4. The van der Waals surface area contributed by atoms with E-state index in [1.165, 1.54) is 32.9 Å². The van der Waals surface area contributed by atoms with Crippen molar-refractivity contribution in [3.63, 3.8) is 0 Å². The average Bonchev–Trinajstić information content (AvgIpc) is 2.40. The van der Waals surface area contributed by atoms with Gasteiger partial charge in [0.15, 0.2) is 0 Å². The second kappa shape index (κ2) is 6.85. The Kier molecular flexibility index (Phi) is 5.58. The Morgan fingerprint density at radius 2 is 1.29 bits per heavy atom. The highest BCUT2D eigenvalue weighted by Crippen LogP contribution is 2.32. The molecule has 0 aliphatic rings. The van der Waals surface area contributed by atoms with Crippen molar-refractivity contribution in [2.24, 2.45) is 0 Å². The van der Waals surface area contributed by atoms with Gasteiger partial charge in [-0.05, 0) is 58.0 Å². The van der Waals surface area contributed by atoms with Gasteiger partial charge in [0, 0.05) is 4.90 Å². The lowest BCUT2D eigenvalue weighted by Crippen LogP contribution is -2.26. The molecule has 2 heteroatoms. The van der Waals surface area contributed by atoms with Crippen molar-refractivity contribution in [2.75, 3.05) is 0 Å². The minimum atomic E-state index is 0.123.